The fourth-order valence-electron chi connectivity index (χ4n) is 1.00. The van der Waals surface area contributed by atoms with Gasteiger partial charge in [0, 0.05) is 31.2 Å². The number of amides is 3. The number of imide groups is 1. The number of nitrogens with one attached hydrogen (secondary N) is 2. The van der Waals surface area contributed by atoms with Crippen LogP contribution in [0.15, 0.2) is 24.5 Å². The molecule has 0 spiro atoms. The van der Waals surface area contributed by atoms with Gasteiger partial charge in [0.1, 0.15) is 0 Å². The fraction of sp³-hybridized carbons (Fsp3) is 0.300. The first-order valence-corrected chi connectivity index (χ1v) is 5.28. The summed E-state index contributed by atoms with van der Waals surface area (Å²) in [6.07, 6.45) is 3.41. The van der Waals surface area contributed by atoms with E-state index >= 15 is 0 Å². The predicted molar refractivity (Wildman–Crippen MR) is 60.0 cm³/mol. The maximum atomic E-state index is 11.2. The summed E-state index contributed by atoms with van der Waals surface area (Å²) < 4.78 is 0. The average molecular weight is 242 g/mol. The Morgan fingerprint density at radius 2 is 2.25 bits per heavy atom. The van der Waals surface area contributed by atoms with E-state index in [9.17, 15) is 9.59 Å². The number of rotatable bonds is 4. The minimum absolute atomic E-state index is 0.127. The van der Waals surface area contributed by atoms with E-state index in [2.05, 4.69) is 15.6 Å². The third-order valence-corrected chi connectivity index (χ3v) is 1.94. The van der Waals surface area contributed by atoms with E-state index in [-0.39, 0.29) is 12.3 Å². The number of hydrogen-bond donors (Lipinski definition) is 2. The molecule has 6 heteroatoms. The van der Waals surface area contributed by atoms with Gasteiger partial charge < -0.3 is 5.32 Å². The number of urea groups is 1. The summed E-state index contributed by atoms with van der Waals surface area (Å²) in [6, 6.07) is 3.07. The van der Waals surface area contributed by atoms with Crippen molar-refractivity contribution < 1.29 is 9.59 Å². The van der Waals surface area contributed by atoms with Gasteiger partial charge >= 0.3 is 6.03 Å². The molecule has 1 aromatic heterocycles. The van der Waals surface area contributed by atoms with Gasteiger partial charge in [0.25, 0.3) is 0 Å². The average Bonchev–Trinajstić information content (AvgIpc) is 2.28. The van der Waals surface area contributed by atoms with Crippen molar-refractivity contribution in [1.82, 2.24) is 15.6 Å². The highest BCUT2D eigenvalue weighted by Crippen LogP contribution is 1.93. The van der Waals surface area contributed by atoms with E-state index in [0.717, 1.165) is 5.56 Å². The molecule has 0 saturated heterocycles. The molecule has 0 aliphatic heterocycles. The molecule has 0 fully saturated rings. The first-order valence-electron chi connectivity index (χ1n) is 4.75. The number of carbonyl (C=O) groups is 2. The summed E-state index contributed by atoms with van der Waals surface area (Å²) in [6.45, 7) is 0.327. The van der Waals surface area contributed by atoms with E-state index in [1.165, 1.54) is 0 Å². The summed E-state index contributed by atoms with van der Waals surface area (Å²) in [7, 11) is 0. The second-order valence-electron chi connectivity index (χ2n) is 3.03. The van der Waals surface area contributed by atoms with Crippen LogP contribution in [-0.4, -0.2) is 22.8 Å². The van der Waals surface area contributed by atoms with Gasteiger partial charge in [0.2, 0.25) is 5.91 Å². The molecular formula is C10H12ClN3O2. The van der Waals surface area contributed by atoms with Crippen molar-refractivity contribution >= 4 is 23.5 Å². The van der Waals surface area contributed by atoms with Gasteiger partial charge in [-0.15, -0.1) is 11.6 Å². The number of pyridine rings is 1. The molecule has 1 heterocycles. The van der Waals surface area contributed by atoms with Gasteiger partial charge in [-0.25, -0.2) is 4.79 Å². The van der Waals surface area contributed by atoms with E-state index in [1.54, 1.807) is 18.5 Å². The zero-order valence-corrected chi connectivity index (χ0v) is 9.33. The van der Waals surface area contributed by atoms with Crippen LogP contribution in [0.3, 0.4) is 0 Å². The fourth-order valence-corrected chi connectivity index (χ4v) is 1.18. The van der Waals surface area contributed by atoms with Crippen LogP contribution in [0.25, 0.3) is 0 Å². The quantitative estimate of drug-likeness (QED) is 0.774. The highest BCUT2D eigenvalue weighted by atomic mass is 35.5. The lowest BCUT2D eigenvalue weighted by Gasteiger charge is -2.05. The topological polar surface area (TPSA) is 71.1 Å². The van der Waals surface area contributed by atoms with E-state index in [4.69, 9.17) is 11.6 Å². The molecule has 5 nitrogen and oxygen atoms in total. The van der Waals surface area contributed by atoms with Crippen LogP contribution in [-0.2, 0) is 11.3 Å². The smallest absolute Gasteiger partial charge is 0.321 e. The van der Waals surface area contributed by atoms with Crippen LogP contribution < -0.4 is 10.6 Å². The molecule has 0 aromatic carbocycles. The van der Waals surface area contributed by atoms with Gasteiger partial charge in [-0.2, -0.15) is 0 Å². The number of carbonyl (C=O) groups excluding carboxylic acids is 2. The third-order valence-electron chi connectivity index (χ3n) is 1.75. The number of hydrogen-bond acceptors (Lipinski definition) is 3. The Morgan fingerprint density at radius 1 is 1.44 bits per heavy atom. The molecule has 0 aliphatic rings. The second-order valence-corrected chi connectivity index (χ2v) is 3.41. The van der Waals surface area contributed by atoms with Crippen LogP contribution in [0.4, 0.5) is 4.79 Å². The SMILES string of the molecule is O=C(CCCl)NC(=O)NCc1cccnc1. The van der Waals surface area contributed by atoms with Crippen molar-refractivity contribution in [3.63, 3.8) is 0 Å². The Hall–Kier alpha value is -1.62. The highest BCUT2D eigenvalue weighted by Gasteiger charge is 2.05. The van der Waals surface area contributed by atoms with Crippen molar-refractivity contribution in [2.75, 3.05) is 5.88 Å². The number of aromatic nitrogens is 1. The zero-order chi connectivity index (χ0) is 11.8. The Kier molecular flexibility index (Phi) is 5.28. The molecular weight excluding hydrogens is 230 g/mol. The second kappa shape index (κ2) is 6.79. The van der Waals surface area contributed by atoms with Gasteiger partial charge in [0.15, 0.2) is 0 Å². The molecule has 1 rings (SSSR count). The van der Waals surface area contributed by atoms with E-state index in [0.29, 0.717) is 6.54 Å². The minimum Gasteiger partial charge on any atom is -0.334 e. The largest absolute Gasteiger partial charge is 0.334 e. The first kappa shape index (κ1) is 12.4. The normalized spacial score (nSPS) is 9.56. The Bertz CT molecular complexity index is 356. The van der Waals surface area contributed by atoms with Crippen molar-refractivity contribution in [3.05, 3.63) is 30.1 Å². The lowest BCUT2D eigenvalue weighted by molar-refractivity contribution is -0.119. The number of halogens is 1. The maximum absolute atomic E-state index is 11.2. The van der Waals surface area contributed by atoms with Crippen molar-refractivity contribution in [2.45, 2.75) is 13.0 Å². The third kappa shape index (κ3) is 4.75. The minimum atomic E-state index is -0.529. The van der Waals surface area contributed by atoms with Gasteiger partial charge in [-0.3, -0.25) is 15.1 Å². The summed E-state index contributed by atoms with van der Waals surface area (Å²) >= 11 is 5.35. The van der Waals surface area contributed by atoms with Gasteiger partial charge in [-0.1, -0.05) is 6.07 Å². The molecule has 0 bridgehead atoms. The van der Waals surface area contributed by atoms with Crippen molar-refractivity contribution in [3.8, 4) is 0 Å². The van der Waals surface area contributed by atoms with Crippen LogP contribution in [0, 0.1) is 0 Å². The summed E-state index contributed by atoms with van der Waals surface area (Å²) in [4.78, 5) is 26.1. The molecule has 0 aliphatic carbocycles. The first-order chi connectivity index (χ1) is 7.72. The molecule has 1 aromatic rings. The Morgan fingerprint density at radius 3 is 2.88 bits per heavy atom. The maximum Gasteiger partial charge on any atom is 0.321 e. The Balaban J connectivity index is 2.28. The molecule has 0 saturated carbocycles. The predicted octanol–water partition coefficient (Wildman–Crippen LogP) is 1.04. The van der Waals surface area contributed by atoms with Crippen LogP contribution in [0.1, 0.15) is 12.0 Å². The lowest BCUT2D eigenvalue weighted by Crippen LogP contribution is -2.39. The summed E-state index contributed by atoms with van der Waals surface area (Å²) in [5.74, 6) is -0.194. The molecule has 2 N–H and O–H groups in total. The summed E-state index contributed by atoms with van der Waals surface area (Å²) in [5, 5.41) is 4.69. The molecule has 0 radical (unpaired) electrons. The molecule has 86 valence electrons. The van der Waals surface area contributed by atoms with Crippen molar-refractivity contribution in [1.29, 1.82) is 0 Å². The highest BCUT2D eigenvalue weighted by molar-refractivity contribution is 6.19. The molecule has 3 amide bonds. The van der Waals surface area contributed by atoms with Gasteiger partial charge in [-0.05, 0) is 11.6 Å². The van der Waals surface area contributed by atoms with E-state index < -0.39 is 11.9 Å². The van der Waals surface area contributed by atoms with Crippen LogP contribution in [0.2, 0.25) is 0 Å². The Labute approximate surface area is 98.2 Å². The monoisotopic (exact) mass is 241 g/mol. The van der Waals surface area contributed by atoms with Gasteiger partial charge in [0.05, 0.1) is 0 Å². The van der Waals surface area contributed by atoms with Crippen LogP contribution in [0.5, 0.6) is 0 Å². The van der Waals surface area contributed by atoms with Crippen LogP contribution >= 0.6 is 11.6 Å². The standard InChI is InChI=1S/C10H12ClN3O2/c11-4-3-9(15)14-10(16)13-7-8-2-1-5-12-6-8/h1-2,5-6H,3-4,7H2,(H2,13,14,15,16). The summed E-state index contributed by atoms with van der Waals surface area (Å²) in [5.41, 5.74) is 0.863. The number of nitrogens with zero attached hydrogens (tertiary/aromatic N) is 1. The van der Waals surface area contributed by atoms with E-state index in [1.807, 2.05) is 6.07 Å². The zero-order valence-electron chi connectivity index (χ0n) is 8.57. The molecule has 16 heavy (non-hydrogen) atoms. The van der Waals surface area contributed by atoms with Crippen molar-refractivity contribution in [2.24, 2.45) is 0 Å². The molecule has 0 unspecified atom stereocenters. The number of alkyl halides is 1. The lowest BCUT2D eigenvalue weighted by atomic mass is 10.3. The molecule has 0 atom stereocenters.